The number of unbranched alkanes of at least 4 members (excludes halogenated alkanes) is 14. The minimum Gasteiger partial charge on any atom is -0.494 e. The van der Waals surface area contributed by atoms with E-state index in [0.717, 1.165) is 59.4 Å². The van der Waals surface area contributed by atoms with Crippen LogP contribution in [0.3, 0.4) is 0 Å². The van der Waals surface area contributed by atoms with E-state index in [9.17, 15) is 9.59 Å². The number of halogens is 2. The van der Waals surface area contributed by atoms with Gasteiger partial charge < -0.3 is 18.9 Å². The van der Waals surface area contributed by atoms with Gasteiger partial charge in [-0.15, -0.1) is 13.2 Å². The van der Waals surface area contributed by atoms with Crippen LogP contribution in [0.5, 0.6) is 23.0 Å². The lowest BCUT2D eigenvalue weighted by Gasteiger charge is -2.12. The standard InChI is InChI=1S/C54H60Cl2O6/c1-3-5-7-9-11-13-15-17-19-37-59-47-33-29-43(30-34-47)41-21-25-45(26-22-41)53(57)61-51-40-52(50(56)39-49(51)55)62-54(58)46-27-23-42(24-28-46)44-31-35-48(36-32-44)60-38-20-18-16-14-12-10-8-6-4-2/h3-4,21-36,39-40H,1-2,5-20,37-38H2. The molecule has 0 unspecified atom stereocenters. The van der Waals surface area contributed by atoms with E-state index in [4.69, 9.17) is 42.1 Å². The van der Waals surface area contributed by atoms with E-state index in [2.05, 4.69) is 13.2 Å². The summed E-state index contributed by atoms with van der Waals surface area (Å²) >= 11 is 12.8. The highest BCUT2D eigenvalue weighted by molar-refractivity contribution is 6.36. The maximum Gasteiger partial charge on any atom is 0.343 e. The lowest BCUT2D eigenvalue weighted by atomic mass is 10.0. The van der Waals surface area contributed by atoms with Gasteiger partial charge in [-0.1, -0.05) is 148 Å². The summed E-state index contributed by atoms with van der Waals surface area (Å²) in [7, 11) is 0. The summed E-state index contributed by atoms with van der Waals surface area (Å²) in [6, 6.07) is 32.8. The highest BCUT2D eigenvalue weighted by atomic mass is 35.5. The number of esters is 2. The number of hydrogen-bond donors (Lipinski definition) is 0. The number of benzene rings is 5. The number of allylic oxidation sites excluding steroid dienone is 2. The first-order chi connectivity index (χ1) is 30.3. The molecule has 0 fully saturated rings. The molecule has 6 nitrogen and oxygen atoms in total. The van der Waals surface area contributed by atoms with Gasteiger partial charge in [0.25, 0.3) is 0 Å². The maximum absolute atomic E-state index is 13.2. The Labute approximate surface area is 378 Å². The fourth-order valence-corrected chi connectivity index (χ4v) is 7.46. The first kappa shape index (κ1) is 47.7. The van der Waals surface area contributed by atoms with Crippen LogP contribution in [0.1, 0.15) is 123 Å². The van der Waals surface area contributed by atoms with Crippen LogP contribution in [-0.2, 0) is 0 Å². The molecule has 0 radical (unpaired) electrons. The Bertz CT molecular complexity index is 1980. The first-order valence-electron chi connectivity index (χ1n) is 22.2. The average molecular weight is 876 g/mol. The van der Waals surface area contributed by atoms with Crippen LogP contribution in [0.25, 0.3) is 22.3 Å². The minimum absolute atomic E-state index is 0.0102. The lowest BCUT2D eigenvalue weighted by molar-refractivity contribution is 0.0733. The first-order valence-corrected chi connectivity index (χ1v) is 22.9. The lowest BCUT2D eigenvalue weighted by Crippen LogP contribution is -2.11. The third-order valence-electron chi connectivity index (χ3n) is 10.7. The van der Waals surface area contributed by atoms with Crippen molar-refractivity contribution in [3.63, 3.8) is 0 Å². The highest BCUT2D eigenvalue weighted by Crippen LogP contribution is 2.37. The van der Waals surface area contributed by atoms with Crippen LogP contribution in [-0.4, -0.2) is 25.2 Å². The van der Waals surface area contributed by atoms with Crippen LogP contribution in [0, 0.1) is 0 Å². The van der Waals surface area contributed by atoms with Crippen molar-refractivity contribution in [2.75, 3.05) is 13.2 Å². The van der Waals surface area contributed by atoms with E-state index in [1.165, 1.54) is 89.2 Å². The average Bonchev–Trinajstić information content (AvgIpc) is 3.29. The van der Waals surface area contributed by atoms with Gasteiger partial charge in [-0.25, -0.2) is 9.59 Å². The molecule has 8 heteroatoms. The molecule has 5 aromatic rings. The Morgan fingerprint density at radius 1 is 0.419 bits per heavy atom. The Kier molecular flexibility index (Phi) is 20.7. The zero-order valence-electron chi connectivity index (χ0n) is 35.9. The molecule has 62 heavy (non-hydrogen) atoms. The van der Waals surface area contributed by atoms with Crippen LogP contribution in [0.4, 0.5) is 0 Å². The van der Waals surface area contributed by atoms with Crippen molar-refractivity contribution >= 4 is 35.1 Å². The van der Waals surface area contributed by atoms with Crippen LogP contribution in [0.15, 0.2) is 135 Å². The van der Waals surface area contributed by atoms with Gasteiger partial charge in [-0.05, 0) is 115 Å². The molecule has 5 aromatic carbocycles. The molecule has 0 bridgehead atoms. The second-order valence-electron chi connectivity index (χ2n) is 15.5. The Morgan fingerprint density at radius 3 is 1.06 bits per heavy atom. The van der Waals surface area contributed by atoms with Crippen molar-refractivity contribution in [1.82, 2.24) is 0 Å². The normalized spacial score (nSPS) is 10.9. The molecule has 0 amide bonds. The predicted octanol–water partition coefficient (Wildman–Crippen LogP) is 16.1. The Morgan fingerprint density at radius 2 is 0.726 bits per heavy atom. The molecule has 0 spiro atoms. The topological polar surface area (TPSA) is 71.1 Å². The molecule has 0 aliphatic heterocycles. The summed E-state index contributed by atoms with van der Waals surface area (Å²) < 4.78 is 23.2. The van der Waals surface area contributed by atoms with Gasteiger partial charge in [0.1, 0.15) is 11.5 Å². The molecule has 0 aliphatic rings. The summed E-state index contributed by atoms with van der Waals surface area (Å²) in [5.41, 5.74) is 4.51. The van der Waals surface area contributed by atoms with Crippen LogP contribution >= 0.6 is 23.2 Å². The van der Waals surface area contributed by atoms with E-state index in [1.54, 1.807) is 24.3 Å². The second-order valence-corrected chi connectivity index (χ2v) is 16.3. The molecule has 0 saturated carbocycles. The number of hydrogen-bond acceptors (Lipinski definition) is 6. The molecular formula is C54H60Cl2O6. The van der Waals surface area contributed by atoms with Crippen molar-refractivity contribution in [3.8, 4) is 45.3 Å². The van der Waals surface area contributed by atoms with Crippen LogP contribution < -0.4 is 18.9 Å². The summed E-state index contributed by atoms with van der Waals surface area (Å²) in [6.45, 7) is 8.97. The monoisotopic (exact) mass is 874 g/mol. The van der Waals surface area contributed by atoms with Crippen molar-refractivity contribution in [3.05, 3.63) is 156 Å². The molecule has 5 rings (SSSR count). The maximum atomic E-state index is 13.2. The summed E-state index contributed by atoms with van der Waals surface area (Å²) in [4.78, 5) is 26.3. The zero-order chi connectivity index (χ0) is 43.8. The molecule has 0 heterocycles. The van der Waals surface area contributed by atoms with Crippen molar-refractivity contribution in [2.24, 2.45) is 0 Å². The number of carbonyl (C=O) groups is 2. The third-order valence-corrected chi connectivity index (χ3v) is 11.2. The predicted molar refractivity (Wildman–Crippen MR) is 255 cm³/mol. The molecule has 0 atom stereocenters. The van der Waals surface area contributed by atoms with E-state index in [-0.39, 0.29) is 21.5 Å². The number of carbonyl (C=O) groups excluding carboxylic acids is 2. The number of ether oxygens (including phenoxy) is 4. The van der Waals surface area contributed by atoms with Crippen LogP contribution in [0.2, 0.25) is 10.0 Å². The second kappa shape index (κ2) is 26.9. The van der Waals surface area contributed by atoms with Gasteiger partial charge in [-0.3, -0.25) is 0 Å². The van der Waals surface area contributed by atoms with Gasteiger partial charge in [0.2, 0.25) is 0 Å². The quantitative estimate of drug-likeness (QED) is 0.0216. The van der Waals surface area contributed by atoms with E-state index >= 15 is 0 Å². The van der Waals surface area contributed by atoms with E-state index in [0.29, 0.717) is 24.3 Å². The molecule has 0 aromatic heterocycles. The summed E-state index contributed by atoms with van der Waals surface area (Å²) in [5.74, 6) is 0.443. The fraction of sp³-hybridized carbons (Fsp3) is 0.333. The molecule has 0 saturated heterocycles. The van der Waals surface area contributed by atoms with Gasteiger partial charge in [0.15, 0.2) is 11.5 Å². The Balaban J connectivity index is 1.05. The summed E-state index contributed by atoms with van der Waals surface area (Å²) in [5, 5.41) is 0.192. The molecule has 0 N–H and O–H groups in total. The molecule has 326 valence electrons. The molecular weight excluding hydrogens is 815 g/mol. The van der Waals surface area contributed by atoms with Gasteiger partial charge in [0.05, 0.1) is 34.4 Å². The molecule has 0 aliphatic carbocycles. The van der Waals surface area contributed by atoms with E-state index in [1.807, 2.05) is 84.9 Å². The van der Waals surface area contributed by atoms with Gasteiger partial charge >= 0.3 is 11.9 Å². The third kappa shape index (κ3) is 16.2. The highest BCUT2D eigenvalue weighted by Gasteiger charge is 2.18. The minimum atomic E-state index is -0.624. The largest absolute Gasteiger partial charge is 0.494 e. The smallest absolute Gasteiger partial charge is 0.343 e. The SMILES string of the molecule is C=CCCCCCCCCCOc1ccc(-c2ccc(C(=O)Oc3cc(OC(=O)c4ccc(-c5ccc(OCCCCCCCCCC=C)cc5)cc4)c(Cl)cc3Cl)cc2)cc1. The van der Waals surface area contributed by atoms with Crippen molar-refractivity contribution in [1.29, 1.82) is 0 Å². The summed E-state index contributed by atoms with van der Waals surface area (Å²) in [6.07, 6.45) is 23.3. The van der Waals surface area contributed by atoms with Gasteiger partial charge in [-0.2, -0.15) is 0 Å². The van der Waals surface area contributed by atoms with Crippen molar-refractivity contribution < 1.29 is 28.5 Å². The fourth-order valence-electron chi connectivity index (χ4n) is 7.00. The Hall–Kier alpha value is -5.30. The zero-order valence-corrected chi connectivity index (χ0v) is 37.4. The number of rotatable bonds is 28. The van der Waals surface area contributed by atoms with E-state index < -0.39 is 11.9 Å². The van der Waals surface area contributed by atoms with Crippen molar-refractivity contribution in [2.45, 2.75) is 103 Å². The van der Waals surface area contributed by atoms with Gasteiger partial charge in [0, 0.05) is 6.07 Å².